The highest BCUT2D eigenvalue weighted by Gasteiger charge is 2.28. The molecule has 2 amide bonds. The van der Waals surface area contributed by atoms with Crippen LogP contribution in [0.15, 0.2) is 36.4 Å². The number of fused-ring (bicyclic) bond motifs is 1. The smallest absolute Gasteiger partial charge is 0.337 e. The number of carboxylic acid groups (broad SMARTS) is 1. The summed E-state index contributed by atoms with van der Waals surface area (Å²) >= 11 is 5.82. The molecule has 0 fully saturated rings. The molecular weight excluding hydrogens is 400 g/mol. The number of nitrogens with one attached hydrogen (secondary N) is 1. The van der Waals surface area contributed by atoms with E-state index in [1.54, 1.807) is 19.1 Å². The number of rotatable bonds is 6. The first-order valence-corrected chi connectivity index (χ1v) is 9.11. The molecule has 2 aromatic carbocycles. The third kappa shape index (κ3) is 4.38. The van der Waals surface area contributed by atoms with Crippen molar-refractivity contribution >= 4 is 46.5 Å². The van der Waals surface area contributed by atoms with Gasteiger partial charge in [0.1, 0.15) is 12.3 Å². The van der Waals surface area contributed by atoms with Crippen LogP contribution < -0.4 is 15.0 Å². The molecule has 0 aromatic heterocycles. The summed E-state index contributed by atoms with van der Waals surface area (Å²) in [6.45, 7) is 1.17. The van der Waals surface area contributed by atoms with Gasteiger partial charge in [-0.25, -0.2) is 4.79 Å². The third-order valence-corrected chi connectivity index (χ3v) is 4.66. The van der Waals surface area contributed by atoms with Crippen LogP contribution in [0.3, 0.4) is 0 Å². The molecule has 3 rings (SSSR count). The number of nitrogens with zero attached hydrogens (tertiary/aromatic N) is 1. The number of halogens is 1. The molecule has 0 atom stereocenters. The molecule has 0 unspecified atom stereocenters. The Balaban J connectivity index is 1.82. The van der Waals surface area contributed by atoms with Gasteiger partial charge in [0.2, 0.25) is 5.91 Å². The van der Waals surface area contributed by atoms with E-state index in [-0.39, 0.29) is 35.2 Å². The Hall–Kier alpha value is -3.39. The second-order valence-electron chi connectivity index (χ2n) is 6.28. The predicted molar refractivity (Wildman–Crippen MR) is 106 cm³/mol. The van der Waals surface area contributed by atoms with Crippen molar-refractivity contribution in [1.29, 1.82) is 0 Å². The molecule has 8 nitrogen and oxygen atoms in total. The van der Waals surface area contributed by atoms with E-state index in [1.807, 2.05) is 0 Å². The van der Waals surface area contributed by atoms with Gasteiger partial charge in [0, 0.05) is 17.7 Å². The van der Waals surface area contributed by atoms with Gasteiger partial charge in [0.05, 0.1) is 16.3 Å². The standard InChI is InChI=1S/C20H17ClN2O6/c1-2-16(24)11-3-6-17-15(7-11)23(19(26)10-29-17)9-18(25)22-12-4-5-14(21)13(8-12)20(27)28/h3-8H,2,9-10H2,1H3,(H,22,25)(H,27,28). The van der Waals surface area contributed by atoms with Crippen molar-refractivity contribution in [3.63, 3.8) is 0 Å². The number of carbonyl (C=O) groups excluding carboxylic acids is 3. The number of ketones is 1. The maximum absolute atomic E-state index is 12.5. The van der Waals surface area contributed by atoms with Crippen LogP contribution in [0.2, 0.25) is 5.02 Å². The lowest BCUT2D eigenvalue weighted by molar-refractivity contribution is -0.123. The molecule has 2 N–H and O–H groups in total. The maximum atomic E-state index is 12.5. The van der Waals surface area contributed by atoms with Crippen molar-refractivity contribution in [2.24, 2.45) is 0 Å². The Bertz CT molecular complexity index is 1020. The van der Waals surface area contributed by atoms with Crippen LogP contribution in [0.25, 0.3) is 0 Å². The number of anilines is 2. The van der Waals surface area contributed by atoms with Gasteiger partial charge in [-0.1, -0.05) is 18.5 Å². The molecule has 150 valence electrons. The Morgan fingerprint density at radius 2 is 1.97 bits per heavy atom. The Morgan fingerprint density at radius 1 is 1.21 bits per heavy atom. The first-order chi connectivity index (χ1) is 13.8. The first kappa shape index (κ1) is 20.3. The van der Waals surface area contributed by atoms with E-state index in [2.05, 4.69) is 5.32 Å². The van der Waals surface area contributed by atoms with Gasteiger partial charge >= 0.3 is 5.97 Å². The second kappa shape index (κ2) is 8.32. The highest BCUT2D eigenvalue weighted by atomic mass is 35.5. The molecule has 0 aliphatic carbocycles. The van der Waals surface area contributed by atoms with Gasteiger partial charge in [-0.3, -0.25) is 19.3 Å². The van der Waals surface area contributed by atoms with Crippen molar-refractivity contribution in [1.82, 2.24) is 0 Å². The molecule has 2 aromatic rings. The minimum absolute atomic E-state index is 0.0425. The number of carbonyl (C=O) groups is 4. The van der Waals surface area contributed by atoms with Crippen LogP contribution in [0, 0.1) is 0 Å². The lowest BCUT2D eigenvalue weighted by atomic mass is 10.1. The van der Waals surface area contributed by atoms with E-state index in [0.717, 1.165) is 0 Å². The number of Topliss-reactive ketones (excluding diaryl/α,β-unsaturated/α-hetero) is 1. The van der Waals surface area contributed by atoms with Crippen molar-refractivity contribution < 1.29 is 29.0 Å². The van der Waals surface area contributed by atoms with Crippen LogP contribution in [-0.2, 0) is 9.59 Å². The Labute approximate surface area is 171 Å². The number of aromatic carboxylic acids is 1. The van der Waals surface area contributed by atoms with Crippen LogP contribution in [0.4, 0.5) is 11.4 Å². The number of hydrogen-bond acceptors (Lipinski definition) is 5. The largest absolute Gasteiger partial charge is 0.482 e. The van der Waals surface area contributed by atoms with Gasteiger partial charge in [-0.2, -0.15) is 0 Å². The van der Waals surface area contributed by atoms with Crippen molar-refractivity contribution in [2.45, 2.75) is 13.3 Å². The summed E-state index contributed by atoms with van der Waals surface area (Å²) < 4.78 is 5.38. The van der Waals surface area contributed by atoms with E-state index < -0.39 is 17.8 Å². The van der Waals surface area contributed by atoms with Gasteiger partial charge in [-0.15, -0.1) is 0 Å². The Morgan fingerprint density at radius 3 is 2.66 bits per heavy atom. The fraction of sp³-hybridized carbons (Fsp3) is 0.200. The summed E-state index contributed by atoms with van der Waals surface area (Å²) in [6, 6.07) is 8.78. The molecule has 1 aliphatic heterocycles. The monoisotopic (exact) mass is 416 g/mol. The second-order valence-corrected chi connectivity index (χ2v) is 6.68. The third-order valence-electron chi connectivity index (χ3n) is 4.33. The normalized spacial score (nSPS) is 12.8. The van der Waals surface area contributed by atoms with E-state index >= 15 is 0 Å². The zero-order valence-corrected chi connectivity index (χ0v) is 16.2. The zero-order valence-electron chi connectivity index (χ0n) is 15.4. The summed E-state index contributed by atoms with van der Waals surface area (Å²) in [5, 5.41) is 11.7. The summed E-state index contributed by atoms with van der Waals surface area (Å²) in [4.78, 5) is 49.2. The van der Waals surface area contributed by atoms with Crippen molar-refractivity contribution in [2.75, 3.05) is 23.4 Å². The van der Waals surface area contributed by atoms with E-state index in [9.17, 15) is 19.2 Å². The predicted octanol–water partition coefficient (Wildman–Crippen LogP) is 3.00. The van der Waals surface area contributed by atoms with Gasteiger partial charge in [-0.05, 0) is 36.4 Å². The van der Waals surface area contributed by atoms with Gasteiger partial charge < -0.3 is 15.2 Å². The summed E-state index contributed by atoms with van der Waals surface area (Å²) in [5.41, 5.74) is 0.824. The van der Waals surface area contributed by atoms with Crippen LogP contribution in [0.1, 0.15) is 34.1 Å². The van der Waals surface area contributed by atoms with Crippen LogP contribution >= 0.6 is 11.6 Å². The summed E-state index contributed by atoms with van der Waals surface area (Å²) in [6.07, 6.45) is 0.302. The minimum atomic E-state index is -1.23. The number of carboxylic acids is 1. The molecular formula is C20H17ClN2O6. The van der Waals surface area contributed by atoms with Crippen LogP contribution in [0.5, 0.6) is 5.75 Å². The topological polar surface area (TPSA) is 113 Å². The average molecular weight is 417 g/mol. The van der Waals surface area contributed by atoms with Crippen molar-refractivity contribution in [3.8, 4) is 5.75 Å². The molecule has 29 heavy (non-hydrogen) atoms. The molecule has 9 heteroatoms. The van der Waals surface area contributed by atoms with Crippen LogP contribution in [-0.4, -0.2) is 41.8 Å². The van der Waals surface area contributed by atoms with E-state index in [1.165, 1.54) is 29.2 Å². The lowest BCUT2D eigenvalue weighted by Crippen LogP contribution is -2.43. The molecule has 0 saturated carbocycles. The highest BCUT2D eigenvalue weighted by molar-refractivity contribution is 6.33. The van der Waals surface area contributed by atoms with Gasteiger partial charge in [0.15, 0.2) is 12.4 Å². The fourth-order valence-corrected chi connectivity index (χ4v) is 3.06. The number of hydrogen-bond donors (Lipinski definition) is 2. The zero-order chi connectivity index (χ0) is 21.1. The lowest BCUT2D eigenvalue weighted by Gasteiger charge is -2.29. The molecule has 0 spiro atoms. The summed E-state index contributed by atoms with van der Waals surface area (Å²) in [5.74, 6) is -1.91. The van der Waals surface area contributed by atoms with Crippen molar-refractivity contribution in [3.05, 3.63) is 52.5 Å². The van der Waals surface area contributed by atoms with E-state index in [0.29, 0.717) is 23.4 Å². The van der Waals surface area contributed by atoms with Gasteiger partial charge in [0.25, 0.3) is 5.91 Å². The number of ether oxygens (including phenoxy) is 1. The summed E-state index contributed by atoms with van der Waals surface area (Å²) in [7, 11) is 0. The molecule has 1 aliphatic rings. The molecule has 0 saturated heterocycles. The Kier molecular flexibility index (Phi) is 5.84. The SMILES string of the molecule is CCC(=O)c1ccc2c(c1)N(CC(=O)Nc1ccc(Cl)c(C(=O)O)c1)C(=O)CO2. The first-order valence-electron chi connectivity index (χ1n) is 8.73. The molecule has 0 radical (unpaired) electrons. The quantitative estimate of drug-likeness (QED) is 0.700. The average Bonchev–Trinajstić information content (AvgIpc) is 2.70. The minimum Gasteiger partial charge on any atom is -0.482 e. The maximum Gasteiger partial charge on any atom is 0.337 e. The fourth-order valence-electron chi connectivity index (χ4n) is 2.86. The number of benzene rings is 2. The van der Waals surface area contributed by atoms with E-state index in [4.69, 9.17) is 21.4 Å². The highest BCUT2D eigenvalue weighted by Crippen LogP contribution is 2.33. The molecule has 1 heterocycles. The molecule has 0 bridgehead atoms. The number of amides is 2.